The first-order valence-corrected chi connectivity index (χ1v) is 7.14. The van der Waals surface area contributed by atoms with Gasteiger partial charge in [0.25, 0.3) is 0 Å². The van der Waals surface area contributed by atoms with Gasteiger partial charge < -0.3 is 0 Å². The first-order valence-electron chi connectivity index (χ1n) is 4.29. The van der Waals surface area contributed by atoms with Crippen LogP contribution in [0.4, 0.5) is 4.39 Å². The molecule has 0 aliphatic carbocycles. The SMILES string of the molecule is Cc1c[c]([Sn][C](C)(C)C)c(F)cn1. The van der Waals surface area contributed by atoms with Crippen LogP contribution >= 0.6 is 0 Å². The molecule has 70 valence electrons. The molecule has 3 heteroatoms. The van der Waals surface area contributed by atoms with Gasteiger partial charge in [0.2, 0.25) is 0 Å². The summed E-state index contributed by atoms with van der Waals surface area (Å²) in [5, 5.41) is 0. The van der Waals surface area contributed by atoms with E-state index >= 15 is 0 Å². The molecule has 0 unspecified atom stereocenters. The Kier molecular flexibility index (Phi) is 3.32. The predicted octanol–water partition coefficient (Wildman–Crippen LogP) is 2.08. The van der Waals surface area contributed by atoms with Gasteiger partial charge in [-0.2, -0.15) is 0 Å². The van der Waals surface area contributed by atoms with Gasteiger partial charge >= 0.3 is 89.0 Å². The van der Waals surface area contributed by atoms with Crippen molar-refractivity contribution in [3.63, 3.8) is 0 Å². The van der Waals surface area contributed by atoms with Crippen molar-refractivity contribution in [2.45, 2.75) is 31.1 Å². The van der Waals surface area contributed by atoms with Gasteiger partial charge in [-0.3, -0.25) is 0 Å². The van der Waals surface area contributed by atoms with E-state index in [0.717, 1.165) is 9.27 Å². The molecule has 0 saturated heterocycles. The fourth-order valence-electron chi connectivity index (χ4n) is 1.04. The van der Waals surface area contributed by atoms with E-state index in [9.17, 15) is 4.39 Å². The van der Waals surface area contributed by atoms with Crippen molar-refractivity contribution in [2.75, 3.05) is 0 Å². The summed E-state index contributed by atoms with van der Waals surface area (Å²) in [6.07, 6.45) is 1.34. The average molecular weight is 286 g/mol. The number of halogens is 1. The maximum absolute atomic E-state index is 13.3. The Bertz CT molecular complexity index is 304. The summed E-state index contributed by atoms with van der Waals surface area (Å²) in [4.78, 5) is 3.92. The van der Waals surface area contributed by atoms with Gasteiger partial charge in [0.05, 0.1) is 0 Å². The number of hydrogen-bond donors (Lipinski definition) is 0. The van der Waals surface area contributed by atoms with Crippen LogP contribution in [0.2, 0.25) is 3.43 Å². The summed E-state index contributed by atoms with van der Waals surface area (Å²) in [6.45, 7) is 8.43. The molecule has 0 spiro atoms. The van der Waals surface area contributed by atoms with Crippen molar-refractivity contribution in [3.8, 4) is 0 Å². The van der Waals surface area contributed by atoms with Gasteiger partial charge in [0, 0.05) is 0 Å². The van der Waals surface area contributed by atoms with E-state index < -0.39 is 21.1 Å². The summed E-state index contributed by atoms with van der Waals surface area (Å²) in [7, 11) is 0. The van der Waals surface area contributed by atoms with Gasteiger partial charge in [-0.15, -0.1) is 0 Å². The molecular formula is C10H14FNSn. The zero-order valence-electron chi connectivity index (χ0n) is 8.48. The third-order valence-electron chi connectivity index (χ3n) is 1.50. The van der Waals surface area contributed by atoms with Crippen LogP contribution in [0, 0.1) is 12.7 Å². The van der Waals surface area contributed by atoms with Crippen LogP contribution < -0.4 is 3.58 Å². The van der Waals surface area contributed by atoms with E-state index in [4.69, 9.17) is 0 Å². The third-order valence-corrected chi connectivity index (χ3v) is 5.50. The summed E-state index contributed by atoms with van der Waals surface area (Å²) < 4.78 is 14.5. The quantitative estimate of drug-likeness (QED) is 0.720. The third kappa shape index (κ3) is 3.63. The molecule has 0 saturated carbocycles. The topological polar surface area (TPSA) is 12.9 Å². The number of aryl methyl sites for hydroxylation is 1. The van der Waals surface area contributed by atoms with E-state index in [1.165, 1.54) is 6.20 Å². The second-order valence-corrected chi connectivity index (χ2v) is 10.7. The van der Waals surface area contributed by atoms with Crippen LogP contribution in [0.15, 0.2) is 12.3 Å². The zero-order valence-corrected chi connectivity index (χ0v) is 11.3. The fraction of sp³-hybridized carbons (Fsp3) is 0.500. The van der Waals surface area contributed by atoms with Crippen LogP contribution in [0.1, 0.15) is 26.5 Å². The first-order chi connectivity index (χ1) is 5.88. The average Bonchev–Trinajstić information content (AvgIpc) is 1.94. The fourth-order valence-corrected chi connectivity index (χ4v) is 4.68. The molecule has 1 heterocycles. The van der Waals surface area contributed by atoms with E-state index in [1.807, 2.05) is 13.0 Å². The molecule has 0 amide bonds. The molecule has 0 atom stereocenters. The van der Waals surface area contributed by atoms with E-state index in [1.54, 1.807) is 0 Å². The van der Waals surface area contributed by atoms with Crippen LogP contribution in [-0.4, -0.2) is 26.1 Å². The molecule has 1 aromatic heterocycles. The Morgan fingerprint density at radius 1 is 1.38 bits per heavy atom. The Morgan fingerprint density at radius 3 is 2.54 bits per heavy atom. The number of nitrogens with zero attached hydrogens (tertiary/aromatic N) is 1. The molecule has 1 aromatic rings. The van der Waals surface area contributed by atoms with Crippen molar-refractivity contribution < 1.29 is 4.39 Å². The molecule has 0 bridgehead atoms. The van der Waals surface area contributed by atoms with E-state index in [0.29, 0.717) is 0 Å². The molecule has 0 N–H and O–H groups in total. The second-order valence-electron chi connectivity index (χ2n) is 4.18. The monoisotopic (exact) mass is 287 g/mol. The molecule has 0 fully saturated rings. The number of rotatable bonds is 1. The maximum atomic E-state index is 13.3. The number of pyridine rings is 1. The first kappa shape index (κ1) is 11.0. The van der Waals surface area contributed by atoms with Crippen molar-refractivity contribution in [2.24, 2.45) is 0 Å². The summed E-state index contributed by atoms with van der Waals surface area (Å²) in [6, 6.07) is 1.90. The molecule has 13 heavy (non-hydrogen) atoms. The Morgan fingerprint density at radius 2 is 2.00 bits per heavy atom. The van der Waals surface area contributed by atoms with Crippen molar-refractivity contribution in [1.29, 1.82) is 0 Å². The Hall–Kier alpha value is -0.121. The second kappa shape index (κ2) is 3.94. The Labute approximate surface area is 89.0 Å². The van der Waals surface area contributed by atoms with Gasteiger partial charge in [0.15, 0.2) is 0 Å². The molecule has 0 aromatic carbocycles. The summed E-state index contributed by atoms with van der Waals surface area (Å²) in [5.74, 6) is -0.118. The normalized spacial score (nSPS) is 11.8. The summed E-state index contributed by atoms with van der Waals surface area (Å²) >= 11 is -0.828. The van der Waals surface area contributed by atoms with Crippen molar-refractivity contribution in [1.82, 2.24) is 4.98 Å². The van der Waals surface area contributed by atoms with Crippen molar-refractivity contribution >= 4 is 24.7 Å². The standard InChI is InChI=1S/C6H5FN.C4H9.Sn/c1-5-2-3-6(7)4-8-5;1-4(2)3;/h2,4H,1H3;1-3H3;. The molecule has 0 aliphatic rings. The predicted molar refractivity (Wildman–Crippen MR) is 54.0 cm³/mol. The molecule has 2 radical (unpaired) electrons. The van der Waals surface area contributed by atoms with Crippen molar-refractivity contribution in [3.05, 3.63) is 23.8 Å². The van der Waals surface area contributed by atoms with E-state index in [-0.39, 0.29) is 9.25 Å². The summed E-state index contributed by atoms with van der Waals surface area (Å²) in [5.41, 5.74) is 0.918. The minimum absolute atomic E-state index is 0.118. The van der Waals surface area contributed by atoms with Crippen LogP contribution in [-0.2, 0) is 0 Å². The van der Waals surface area contributed by atoms with Crippen LogP contribution in [0.5, 0.6) is 0 Å². The molecular weight excluding hydrogens is 272 g/mol. The molecule has 0 aliphatic heterocycles. The zero-order chi connectivity index (χ0) is 10.1. The van der Waals surface area contributed by atoms with E-state index in [2.05, 4.69) is 25.8 Å². The Balaban J connectivity index is 2.94. The van der Waals surface area contributed by atoms with Gasteiger partial charge in [-0.1, -0.05) is 0 Å². The van der Waals surface area contributed by atoms with Crippen LogP contribution in [0.25, 0.3) is 0 Å². The number of hydrogen-bond acceptors (Lipinski definition) is 1. The van der Waals surface area contributed by atoms with Crippen LogP contribution in [0.3, 0.4) is 0 Å². The minimum atomic E-state index is -0.828. The molecule has 1 nitrogen and oxygen atoms in total. The molecule has 1 rings (SSSR count). The number of aromatic nitrogens is 1. The van der Waals surface area contributed by atoms with Gasteiger partial charge in [0.1, 0.15) is 0 Å². The van der Waals surface area contributed by atoms with Gasteiger partial charge in [-0.05, 0) is 0 Å². The van der Waals surface area contributed by atoms with Gasteiger partial charge in [-0.25, -0.2) is 0 Å².